The number of nitrogens with two attached hydrogens (primary N) is 1. The zero-order valence-electron chi connectivity index (χ0n) is 14.6. The lowest BCUT2D eigenvalue weighted by Gasteiger charge is -2.22. The van der Waals surface area contributed by atoms with Crippen LogP contribution in [0.15, 0.2) is 10.6 Å². The molecule has 1 aliphatic rings. The van der Waals surface area contributed by atoms with Crippen LogP contribution in [0, 0.1) is 12.8 Å². The molecule has 2 aromatic rings. The molecule has 2 N–H and O–H groups in total. The maximum absolute atomic E-state index is 13.1. The summed E-state index contributed by atoms with van der Waals surface area (Å²) in [7, 11) is 0. The van der Waals surface area contributed by atoms with Crippen molar-refractivity contribution in [1.29, 1.82) is 0 Å². The smallest absolute Gasteiger partial charge is 0.259 e. The Morgan fingerprint density at radius 2 is 2.21 bits per heavy atom. The highest BCUT2D eigenvalue weighted by Crippen LogP contribution is 2.29. The van der Waals surface area contributed by atoms with Gasteiger partial charge >= 0.3 is 0 Å². The molecular formula is C17H25ClN4O2. The van der Waals surface area contributed by atoms with Gasteiger partial charge in [-0.1, -0.05) is 19.0 Å². The van der Waals surface area contributed by atoms with E-state index in [1.54, 1.807) is 0 Å². The molecule has 0 bridgehead atoms. The van der Waals surface area contributed by atoms with Gasteiger partial charge in [-0.25, -0.2) is 4.98 Å². The van der Waals surface area contributed by atoms with Gasteiger partial charge < -0.3 is 15.2 Å². The third-order valence-corrected chi connectivity index (χ3v) is 4.71. The Bertz CT molecular complexity index is 744. The molecule has 7 heteroatoms. The second-order valence-electron chi connectivity index (χ2n) is 6.84. The van der Waals surface area contributed by atoms with Crippen LogP contribution < -0.4 is 5.73 Å². The molecule has 0 aliphatic carbocycles. The minimum absolute atomic E-state index is 0. The second kappa shape index (κ2) is 7.07. The number of likely N-dealkylation sites (tertiary alicyclic amines) is 1. The van der Waals surface area contributed by atoms with Gasteiger partial charge in [0.2, 0.25) is 0 Å². The molecule has 0 saturated carbocycles. The molecule has 3 rings (SSSR count). The molecule has 132 valence electrons. The predicted octanol–water partition coefficient (Wildman–Crippen LogP) is 2.89. The quantitative estimate of drug-likeness (QED) is 0.917. The van der Waals surface area contributed by atoms with Crippen LogP contribution in [0.4, 0.5) is 0 Å². The summed E-state index contributed by atoms with van der Waals surface area (Å²) in [5.41, 5.74) is 8.42. The maximum atomic E-state index is 13.1. The fourth-order valence-corrected chi connectivity index (χ4v) is 3.33. The lowest BCUT2D eigenvalue weighted by Crippen LogP contribution is -2.34. The molecule has 0 aromatic carbocycles. The number of carbonyl (C=O) groups is 1. The van der Waals surface area contributed by atoms with E-state index in [2.05, 4.69) is 30.9 Å². The van der Waals surface area contributed by atoms with Crippen LogP contribution in [-0.2, 0) is 0 Å². The normalized spacial score (nSPS) is 20.7. The summed E-state index contributed by atoms with van der Waals surface area (Å²) in [4.78, 5) is 19.6. The molecule has 2 atom stereocenters. The Kier molecular flexibility index (Phi) is 5.50. The molecule has 3 heterocycles. The van der Waals surface area contributed by atoms with Gasteiger partial charge in [0.25, 0.3) is 11.6 Å². The van der Waals surface area contributed by atoms with Crippen LogP contribution in [0.3, 0.4) is 0 Å². The first kappa shape index (κ1) is 18.7. The highest BCUT2D eigenvalue weighted by molar-refractivity contribution is 6.06. The molecular weight excluding hydrogens is 328 g/mol. The maximum Gasteiger partial charge on any atom is 0.259 e. The third-order valence-electron chi connectivity index (χ3n) is 4.71. The van der Waals surface area contributed by atoms with E-state index in [9.17, 15) is 4.79 Å². The standard InChI is InChI=1S/C17H24N4O2.ClH/c1-9(2)14-6-13(15-11(4)20-23-16(15)19-14)17(22)21-8-12(7-18)5-10(21)3;/h6,9-10,12H,5,7-8,18H2,1-4H3;1H. The number of amides is 1. The van der Waals surface area contributed by atoms with E-state index in [1.807, 2.05) is 17.9 Å². The number of aromatic nitrogens is 2. The van der Waals surface area contributed by atoms with Gasteiger partial charge in [-0.05, 0) is 44.7 Å². The van der Waals surface area contributed by atoms with Crippen LogP contribution in [0.2, 0.25) is 0 Å². The van der Waals surface area contributed by atoms with E-state index in [-0.39, 0.29) is 30.3 Å². The lowest BCUT2D eigenvalue weighted by molar-refractivity contribution is 0.0745. The number of carbonyl (C=O) groups excluding carboxylic acids is 1. The largest absolute Gasteiger partial charge is 0.336 e. The summed E-state index contributed by atoms with van der Waals surface area (Å²) in [6.45, 7) is 9.35. The van der Waals surface area contributed by atoms with Gasteiger partial charge in [-0.3, -0.25) is 4.79 Å². The van der Waals surface area contributed by atoms with Crippen LogP contribution >= 0.6 is 12.4 Å². The Morgan fingerprint density at radius 1 is 1.50 bits per heavy atom. The summed E-state index contributed by atoms with van der Waals surface area (Å²) in [6.07, 6.45) is 0.954. The van der Waals surface area contributed by atoms with Gasteiger partial charge in [0, 0.05) is 18.3 Å². The minimum atomic E-state index is 0. The van der Waals surface area contributed by atoms with Crippen LogP contribution in [-0.4, -0.2) is 40.1 Å². The number of hydrogen-bond donors (Lipinski definition) is 1. The van der Waals surface area contributed by atoms with Crippen molar-refractivity contribution >= 4 is 29.4 Å². The number of fused-ring (bicyclic) bond motifs is 1. The highest BCUT2D eigenvalue weighted by Gasteiger charge is 2.33. The van der Waals surface area contributed by atoms with Crippen LogP contribution in [0.5, 0.6) is 0 Å². The molecule has 6 nitrogen and oxygen atoms in total. The van der Waals surface area contributed by atoms with E-state index in [4.69, 9.17) is 10.3 Å². The number of pyridine rings is 1. The van der Waals surface area contributed by atoms with Gasteiger partial charge in [-0.2, -0.15) is 0 Å². The van der Waals surface area contributed by atoms with Crippen molar-refractivity contribution in [3.63, 3.8) is 0 Å². The Balaban J connectivity index is 0.00000208. The van der Waals surface area contributed by atoms with E-state index in [1.165, 1.54) is 0 Å². The average Bonchev–Trinajstić information content (AvgIpc) is 3.09. The van der Waals surface area contributed by atoms with Crippen molar-refractivity contribution in [3.05, 3.63) is 23.0 Å². The predicted molar refractivity (Wildman–Crippen MR) is 95.5 cm³/mol. The number of aryl methyl sites for hydroxylation is 1. The first-order valence-electron chi connectivity index (χ1n) is 8.20. The summed E-state index contributed by atoms with van der Waals surface area (Å²) in [6, 6.07) is 2.09. The fraction of sp³-hybridized carbons (Fsp3) is 0.588. The number of rotatable bonds is 3. The van der Waals surface area contributed by atoms with Crippen molar-refractivity contribution in [2.24, 2.45) is 11.7 Å². The van der Waals surface area contributed by atoms with Crippen molar-refractivity contribution in [3.8, 4) is 0 Å². The van der Waals surface area contributed by atoms with Crippen molar-refractivity contribution in [2.45, 2.75) is 46.1 Å². The molecule has 1 fully saturated rings. The van der Waals surface area contributed by atoms with Crippen LogP contribution in [0.25, 0.3) is 11.1 Å². The first-order valence-corrected chi connectivity index (χ1v) is 8.20. The molecule has 0 radical (unpaired) electrons. The SMILES string of the molecule is Cc1noc2nc(C(C)C)cc(C(=O)N3CC(CN)CC3C)c12.Cl. The van der Waals surface area contributed by atoms with Gasteiger partial charge in [0.05, 0.1) is 16.6 Å². The molecule has 24 heavy (non-hydrogen) atoms. The fourth-order valence-electron chi connectivity index (χ4n) is 3.33. The Hall–Kier alpha value is -1.66. The number of nitrogens with zero attached hydrogens (tertiary/aromatic N) is 3. The van der Waals surface area contributed by atoms with Crippen LogP contribution in [0.1, 0.15) is 54.9 Å². The van der Waals surface area contributed by atoms with Crippen molar-refractivity contribution in [2.75, 3.05) is 13.1 Å². The van der Waals surface area contributed by atoms with E-state index < -0.39 is 0 Å². The lowest BCUT2D eigenvalue weighted by atomic mass is 10.0. The zero-order chi connectivity index (χ0) is 16.7. The minimum Gasteiger partial charge on any atom is -0.336 e. The molecule has 1 saturated heterocycles. The van der Waals surface area contributed by atoms with Gasteiger partial charge in [0.15, 0.2) is 0 Å². The summed E-state index contributed by atoms with van der Waals surface area (Å²) >= 11 is 0. The monoisotopic (exact) mass is 352 g/mol. The summed E-state index contributed by atoms with van der Waals surface area (Å²) < 4.78 is 5.31. The number of hydrogen-bond acceptors (Lipinski definition) is 5. The molecule has 2 aromatic heterocycles. The van der Waals surface area contributed by atoms with E-state index >= 15 is 0 Å². The summed E-state index contributed by atoms with van der Waals surface area (Å²) in [5, 5.41) is 4.71. The molecule has 2 unspecified atom stereocenters. The number of halogens is 1. The zero-order valence-corrected chi connectivity index (χ0v) is 15.4. The van der Waals surface area contributed by atoms with E-state index in [0.717, 1.165) is 17.5 Å². The average molecular weight is 353 g/mol. The molecule has 1 amide bonds. The molecule has 1 aliphatic heterocycles. The first-order chi connectivity index (χ1) is 10.9. The highest BCUT2D eigenvalue weighted by atomic mass is 35.5. The van der Waals surface area contributed by atoms with Crippen molar-refractivity contribution < 1.29 is 9.32 Å². The topological polar surface area (TPSA) is 85.2 Å². The van der Waals surface area contributed by atoms with E-state index in [0.29, 0.717) is 36.0 Å². The Morgan fingerprint density at radius 3 is 2.79 bits per heavy atom. The molecule has 0 spiro atoms. The Labute approximate surface area is 148 Å². The second-order valence-corrected chi connectivity index (χ2v) is 6.84. The van der Waals surface area contributed by atoms with Gasteiger partial charge in [-0.15, -0.1) is 12.4 Å². The van der Waals surface area contributed by atoms with Gasteiger partial charge in [0.1, 0.15) is 0 Å². The third kappa shape index (κ3) is 3.13. The van der Waals surface area contributed by atoms with Crippen molar-refractivity contribution in [1.82, 2.24) is 15.0 Å². The summed E-state index contributed by atoms with van der Waals surface area (Å²) in [5.74, 6) is 0.609.